The predicted molar refractivity (Wildman–Crippen MR) is 135 cm³/mol. The van der Waals surface area contributed by atoms with E-state index in [0.717, 1.165) is 16.9 Å². The first-order valence-corrected chi connectivity index (χ1v) is 11.8. The van der Waals surface area contributed by atoms with Gasteiger partial charge in [-0.1, -0.05) is 83.4 Å². The molecule has 2 nitrogen and oxygen atoms in total. The van der Waals surface area contributed by atoms with E-state index in [2.05, 4.69) is 103 Å². The minimum Gasteiger partial charge on any atom is -0.357 e. The molecule has 0 amide bonds. The molecule has 1 aromatic heterocycles. The van der Waals surface area contributed by atoms with Crippen LogP contribution in [0.25, 0.3) is 16.8 Å². The van der Waals surface area contributed by atoms with Crippen molar-refractivity contribution in [2.24, 2.45) is 0 Å². The average Bonchev–Trinajstić information content (AvgIpc) is 3.12. The van der Waals surface area contributed by atoms with Crippen molar-refractivity contribution in [3.8, 4) is 16.8 Å². The van der Waals surface area contributed by atoms with Crippen molar-refractivity contribution in [3.05, 3.63) is 99.0 Å². The lowest BCUT2D eigenvalue weighted by Gasteiger charge is -2.44. The molecule has 0 unspecified atom stereocenters. The first-order valence-electron chi connectivity index (χ1n) is 10.6. The second-order valence-electron chi connectivity index (χ2n) is 8.88. The van der Waals surface area contributed by atoms with Gasteiger partial charge < -0.3 is 4.90 Å². The minimum absolute atomic E-state index is 0.180. The van der Waals surface area contributed by atoms with E-state index in [0.29, 0.717) is 0 Å². The van der Waals surface area contributed by atoms with Crippen molar-refractivity contribution in [3.63, 3.8) is 0 Å². The first-order chi connectivity index (χ1) is 14.9. The van der Waals surface area contributed by atoms with E-state index >= 15 is 0 Å². The Hall–Kier alpha value is -2.69. The third kappa shape index (κ3) is 3.35. The Morgan fingerprint density at radius 2 is 1.55 bits per heavy atom. The zero-order chi connectivity index (χ0) is 21.8. The van der Waals surface area contributed by atoms with Gasteiger partial charge in [0.15, 0.2) is 0 Å². The molecular formula is C27H26N2S2. The Morgan fingerprint density at radius 3 is 2.26 bits per heavy atom. The zero-order valence-corrected chi connectivity index (χ0v) is 20.0. The molecule has 0 bridgehead atoms. The lowest BCUT2D eigenvalue weighted by molar-refractivity contribution is 0.483. The van der Waals surface area contributed by atoms with Crippen LogP contribution >= 0.6 is 23.8 Å². The molecule has 0 saturated carbocycles. The van der Waals surface area contributed by atoms with E-state index in [-0.39, 0.29) is 5.54 Å². The maximum atomic E-state index is 6.05. The summed E-state index contributed by atoms with van der Waals surface area (Å²) in [5.74, 6) is 0. The number of benzene rings is 3. The molecule has 31 heavy (non-hydrogen) atoms. The molecule has 1 aliphatic heterocycles. The molecule has 0 saturated heterocycles. The number of aryl methyl sites for hydroxylation is 2. The van der Waals surface area contributed by atoms with Crippen molar-refractivity contribution in [2.75, 3.05) is 4.90 Å². The van der Waals surface area contributed by atoms with Gasteiger partial charge in [-0.25, -0.2) is 0 Å². The number of para-hydroxylation sites is 1. The number of rotatable bonds is 3. The average molecular weight is 443 g/mol. The summed E-state index contributed by atoms with van der Waals surface area (Å²) in [4.78, 5) is 3.86. The molecule has 2 heterocycles. The summed E-state index contributed by atoms with van der Waals surface area (Å²) in [6.45, 7) is 9.80. The maximum Gasteiger partial charge on any atom is 0.129 e. The molecule has 0 aliphatic carbocycles. The zero-order valence-electron chi connectivity index (χ0n) is 18.3. The van der Waals surface area contributed by atoms with E-state index in [1.807, 2.05) is 6.07 Å². The Morgan fingerprint density at radius 1 is 0.871 bits per heavy atom. The number of hydrogen-bond acceptors (Lipinski definition) is 3. The Bertz CT molecular complexity index is 1310. The van der Waals surface area contributed by atoms with Gasteiger partial charge >= 0.3 is 0 Å². The Labute approximate surface area is 193 Å². The van der Waals surface area contributed by atoms with Gasteiger partial charge in [-0.15, -0.1) is 0 Å². The molecule has 4 heteroatoms. The quantitative estimate of drug-likeness (QED) is 0.299. The Balaban J connectivity index is 1.72. The highest BCUT2D eigenvalue weighted by Crippen LogP contribution is 2.51. The number of anilines is 1. The highest BCUT2D eigenvalue weighted by Gasteiger charge is 2.40. The Kier molecular flexibility index (Phi) is 4.87. The predicted octanol–water partition coefficient (Wildman–Crippen LogP) is 7.81. The molecule has 0 N–H and O–H groups in total. The monoisotopic (exact) mass is 442 g/mol. The third-order valence-corrected chi connectivity index (χ3v) is 8.17. The summed E-state index contributed by atoms with van der Waals surface area (Å²) < 4.78 is 3.12. The van der Waals surface area contributed by atoms with Crippen molar-refractivity contribution >= 4 is 29.4 Å². The second-order valence-corrected chi connectivity index (χ2v) is 10.2. The standard InChI is InChI=1S/C27H26N2S2/c1-18-10-13-20(14-11-18)17-28-23-15-12-19(2)16-22(23)24-25(27(28,3)4)31-29(26(24)30)21-8-6-5-7-9-21/h5-16H,17H2,1-4H3. The molecule has 0 fully saturated rings. The van der Waals surface area contributed by atoms with Crippen molar-refractivity contribution in [2.45, 2.75) is 39.8 Å². The summed E-state index contributed by atoms with van der Waals surface area (Å²) >= 11 is 7.83. The molecule has 156 valence electrons. The van der Waals surface area contributed by atoms with Crippen LogP contribution < -0.4 is 4.90 Å². The molecule has 0 radical (unpaired) electrons. The summed E-state index contributed by atoms with van der Waals surface area (Å²) in [5, 5.41) is 0. The highest BCUT2D eigenvalue weighted by molar-refractivity contribution is 7.71. The van der Waals surface area contributed by atoms with Gasteiger partial charge in [-0.2, -0.15) is 0 Å². The van der Waals surface area contributed by atoms with E-state index in [4.69, 9.17) is 12.2 Å². The minimum atomic E-state index is -0.180. The van der Waals surface area contributed by atoms with Gasteiger partial charge in [-0.3, -0.25) is 3.96 Å². The lowest BCUT2D eigenvalue weighted by Crippen LogP contribution is -2.43. The largest absolute Gasteiger partial charge is 0.357 e. The van der Waals surface area contributed by atoms with Crippen molar-refractivity contribution < 1.29 is 0 Å². The number of fused-ring (bicyclic) bond motifs is 3. The molecule has 0 atom stereocenters. The van der Waals surface area contributed by atoms with Crippen LogP contribution in [0.1, 0.15) is 35.4 Å². The van der Waals surface area contributed by atoms with Crippen molar-refractivity contribution in [1.29, 1.82) is 0 Å². The van der Waals surface area contributed by atoms with Crippen LogP contribution in [0.15, 0.2) is 72.8 Å². The molecule has 1 aliphatic rings. The molecular weight excluding hydrogens is 416 g/mol. The van der Waals surface area contributed by atoms with E-state index in [9.17, 15) is 0 Å². The topological polar surface area (TPSA) is 8.17 Å². The number of hydrogen-bond donors (Lipinski definition) is 0. The highest BCUT2D eigenvalue weighted by atomic mass is 32.1. The summed E-state index contributed by atoms with van der Waals surface area (Å²) in [6, 6.07) is 26.1. The van der Waals surface area contributed by atoms with Crippen LogP contribution in [0.2, 0.25) is 0 Å². The van der Waals surface area contributed by atoms with Gasteiger partial charge in [0.05, 0.1) is 16.1 Å². The second kappa shape index (κ2) is 7.47. The SMILES string of the molecule is Cc1ccc(CN2c3ccc(C)cc3-c3c(sn(-c4ccccc4)c3=S)C2(C)C)cc1. The summed E-state index contributed by atoms with van der Waals surface area (Å²) in [7, 11) is 0. The summed E-state index contributed by atoms with van der Waals surface area (Å²) in [6.07, 6.45) is 0. The van der Waals surface area contributed by atoms with E-state index < -0.39 is 0 Å². The normalized spacial score (nSPS) is 14.3. The first kappa shape index (κ1) is 20.2. The van der Waals surface area contributed by atoms with Crippen molar-refractivity contribution in [1.82, 2.24) is 3.96 Å². The van der Waals surface area contributed by atoms with Crippen LogP contribution in [-0.2, 0) is 12.1 Å². The molecule has 5 rings (SSSR count). The van der Waals surface area contributed by atoms with Gasteiger partial charge in [-0.05, 0) is 57.5 Å². The third-order valence-electron chi connectivity index (χ3n) is 6.20. The van der Waals surface area contributed by atoms with Crippen LogP contribution in [0.5, 0.6) is 0 Å². The lowest BCUT2D eigenvalue weighted by atomic mass is 9.86. The molecule has 4 aromatic rings. The fraction of sp³-hybridized carbons (Fsp3) is 0.222. The van der Waals surface area contributed by atoms with Crippen LogP contribution in [-0.4, -0.2) is 3.96 Å². The number of aromatic nitrogens is 1. The van der Waals surface area contributed by atoms with Gasteiger partial charge in [0, 0.05) is 23.4 Å². The summed E-state index contributed by atoms with van der Waals surface area (Å²) in [5.41, 5.74) is 8.53. The van der Waals surface area contributed by atoms with Gasteiger partial charge in [0.1, 0.15) is 4.64 Å². The van der Waals surface area contributed by atoms with Gasteiger partial charge in [0.25, 0.3) is 0 Å². The number of nitrogens with zero attached hydrogens (tertiary/aromatic N) is 2. The van der Waals surface area contributed by atoms with Crippen LogP contribution in [0.3, 0.4) is 0 Å². The van der Waals surface area contributed by atoms with Gasteiger partial charge in [0.2, 0.25) is 0 Å². The fourth-order valence-corrected chi connectivity index (χ4v) is 6.14. The molecule has 3 aromatic carbocycles. The van der Waals surface area contributed by atoms with E-state index in [1.54, 1.807) is 11.5 Å². The fourth-order valence-electron chi connectivity index (χ4n) is 4.43. The molecule has 0 spiro atoms. The maximum absolute atomic E-state index is 6.05. The van der Waals surface area contributed by atoms with Crippen LogP contribution in [0, 0.1) is 18.5 Å². The smallest absolute Gasteiger partial charge is 0.129 e. The van der Waals surface area contributed by atoms with E-state index in [1.165, 1.54) is 38.4 Å². The van der Waals surface area contributed by atoms with Crippen LogP contribution in [0.4, 0.5) is 5.69 Å².